The predicted molar refractivity (Wildman–Crippen MR) is 197 cm³/mol. The first-order valence-corrected chi connectivity index (χ1v) is 17.9. The van der Waals surface area contributed by atoms with Crippen molar-refractivity contribution >= 4 is 56.9 Å². The summed E-state index contributed by atoms with van der Waals surface area (Å²) in [5.74, 6) is -0.208. The molecule has 1 aliphatic carbocycles. The molecular formula is C38H43N7O5S. The number of rotatable bonds is 9. The quantitative estimate of drug-likeness (QED) is 0.144. The standard InChI is InChI=1S/C38H43N7O5S/c1-22(2)25-17-16-23(3)20-29(25)50-37(49)45-36-27(21-30(51-36)34(47)42-38(4,5)24-12-8-7-9-13-24)31(43-45)41-33(46)26-14-10-11-15-28(26)40-35(48)32-39-18-19-44(32)6/h7-15,18-19,21-23,25,29H,16-17,20H2,1-6H3,(H,40,48)(H,42,47)(H,41,43,46)/t23-,25+,29-/m1/s1. The van der Waals surface area contributed by atoms with Gasteiger partial charge in [-0.25, -0.2) is 9.78 Å². The molecule has 3 aromatic heterocycles. The molecule has 266 valence electrons. The zero-order valence-electron chi connectivity index (χ0n) is 29.6. The highest BCUT2D eigenvalue weighted by molar-refractivity contribution is 7.20. The Morgan fingerprint density at radius 2 is 1.69 bits per heavy atom. The van der Waals surface area contributed by atoms with Crippen molar-refractivity contribution in [1.29, 1.82) is 0 Å². The van der Waals surface area contributed by atoms with E-state index < -0.39 is 23.4 Å². The molecular weight excluding hydrogens is 667 g/mol. The normalized spacial score (nSPS) is 17.7. The fraction of sp³-hybridized carbons (Fsp3) is 0.368. The van der Waals surface area contributed by atoms with Gasteiger partial charge in [-0.15, -0.1) is 16.4 Å². The van der Waals surface area contributed by atoms with Crippen LogP contribution in [0, 0.1) is 17.8 Å². The number of ether oxygens (including phenoxy) is 1. The Bertz CT molecular complexity index is 2080. The Morgan fingerprint density at radius 3 is 2.39 bits per heavy atom. The Morgan fingerprint density at radius 1 is 0.961 bits per heavy atom. The van der Waals surface area contributed by atoms with Gasteiger partial charge in [0.05, 0.1) is 27.1 Å². The van der Waals surface area contributed by atoms with Gasteiger partial charge in [0.2, 0.25) is 0 Å². The van der Waals surface area contributed by atoms with Gasteiger partial charge < -0.3 is 25.3 Å². The lowest BCUT2D eigenvalue weighted by molar-refractivity contribution is 0.00600. The molecule has 6 rings (SSSR count). The molecule has 1 aliphatic rings. The number of amides is 3. The number of nitrogens with zero attached hydrogens (tertiary/aromatic N) is 4. The molecule has 2 aromatic carbocycles. The molecule has 3 N–H and O–H groups in total. The van der Waals surface area contributed by atoms with Crippen molar-refractivity contribution in [3.05, 3.63) is 94.9 Å². The van der Waals surface area contributed by atoms with Gasteiger partial charge >= 0.3 is 6.09 Å². The van der Waals surface area contributed by atoms with E-state index in [1.165, 1.54) is 6.20 Å². The van der Waals surface area contributed by atoms with Gasteiger partial charge in [-0.1, -0.05) is 69.7 Å². The van der Waals surface area contributed by atoms with Crippen LogP contribution in [0.4, 0.5) is 16.3 Å². The summed E-state index contributed by atoms with van der Waals surface area (Å²) in [5, 5.41) is 13.6. The third-order valence-corrected chi connectivity index (χ3v) is 10.7. The second-order valence-electron chi connectivity index (χ2n) is 14.1. The smallest absolute Gasteiger partial charge is 0.436 e. The number of carbonyl (C=O) groups is 4. The number of fused-ring (bicyclic) bond motifs is 1. The maximum absolute atomic E-state index is 13.9. The van der Waals surface area contributed by atoms with Gasteiger partial charge in [0.1, 0.15) is 10.9 Å². The van der Waals surface area contributed by atoms with Gasteiger partial charge in [0.25, 0.3) is 17.7 Å². The molecule has 13 heteroatoms. The van der Waals surface area contributed by atoms with E-state index in [1.54, 1.807) is 48.1 Å². The molecule has 5 aromatic rings. The number of hydrogen-bond donors (Lipinski definition) is 3. The summed E-state index contributed by atoms with van der Waals surface area (Å²) in [5.41, 5.74) is 0.664. The highest BCUT2D eigenvalue weighted by atomic mass is 32.1. The average molecular weight is 710 g/mol. The van der Waals surface area contributed by atoms with E-state index in [0.29, 0.717) is 26.9 Å². The topological polar surface area (TPSA) is 149 Å². The zero-order valence-corrected chi connectivity index (χ0v) is 30.4. The van der Waals surface area contributed by atoms with Crippen LogP contribution in [0.5, 0.6) is 0 Å². The maximum Gasteiger partial charge on any atom is 0.436 e. The molecule has 1 fully saturated rings. The van der Waals surface area contributed by atoms with Crippen LogP contribution < -0.4 is 16.0 Å². The molecule has 0 bridgehead atoms. The van der Waals surface area contributed by atoms with Crippen molar-refractivity contribution in [3.63, 3.8) is 0 Å². The summed E-state index contributed by atoms with van der Waals surface area (Å²) in [6.45, 7) is 10.3. The molecule has 3 atom stereocenters. The minimum absolute atomic E-state index is 0.0761. The van der Waals surface area contributed by atoms with E-state index in [1.807, 2.05) is 44.2 Å². The minimum atomic E-state index is -0.691. The summed E-state index contributed by atoms with van der Waals surface area (Å²) < 4.78 is 8.86. The van der Waals surface area contributed by atoms with E-state index >= 15 is 0 Å². The lowest BCUT2D eigenvalue weighted by Crippen LogP contribution is -2.40. The molecule has 0 unspecified atom stereocenters. The molecule has 1 saturated carbocycles. The second-order valence-corrected chi connectivity index (χ2v) is 15.1. The Labute approximate surface area is 300 Å². The SMILES string of the molecule is CC(C)[C@@H]1CC[C@@H](C)C[C@H]1OC(=O)n1nc(NC(=O)c2ccccc2NC(=O)c2nccn2C)c2cc(C(=O)NC(C)(C)c3ccccc3)sc21. The van der Waals surface area contributed by atoms with Gasteiger partial charge in [0, 0.05) is 19.4 Å². The van der Waals surface area contributed by atoms with Crippen LogP contribution in [0.1, 0.15) is 90.1 Å². The van der Waals surface area contributed by atoms with Gasteiger partial charge in [-0.05, 0) is 68.2 Å². The zero-order chi connectivity index (χ0) is 36.4. The number of anilines is 2. The van der Waals surface area contributed by atoms with Crippen LogP contribution in [-0.4, -0.2) is 49.3 Å². The Kier molecular flexibility index (Phi) is 10.1. The van der Waals surface area contributed by atoms with Crippen LogP contribution >= 0.6 is 11.3 Å². The van der Waals surface area contributed by atoms with E-state index in [-0.39, 0.29) is 40.8 Å². The predicted octanol–water partition coefficient (Wildman–Crippen LogP) is 7.45. The summed E-state index contributed by atoms with van der Waals surface area (Å²) in [6.07, 6.45) is 4.98. The summed E-state index contributed by atoms with van der Waals surface area (Å²) in [4.78, 5) is 59.2. The number of aromatic nitrogens is 4. The van der Waals surface area contributed by atoms with Crippen LogP contribution in [0.15, 0.2) is 73.1 Å². The van der Waals surface area contributed by atoms with E-state index in [2.05, 4.69) is 46.8 Å². The molecule has 51 heavy (non-hydrogen) atoms. The fourth-order valence-corrected chi connectivity index (χ4v) is 7.66. The van der Waals surface area contributed by atoms with Crippen LogP contribution in [-0.2, 0) is 17.3 Å². The maximum atomic E-state index is 13.9. The summed E-state index contributed by atoms with van der Waals surface area (Å²) in [6, 6.07) is 17.8. The number of carbonyl (C=O) groups excluding carboxylic acids is 4. The number of para-hydroxylation sites is 1. The first-order valence-electron chi connectivity index (χ1n) is 17.1. The van der Waals surface area contributed by atoms with Gasteiger partial charge in [0.15, 0.2) is 11.6 Å². The number of nitrogens with one attached hydrogen (secondary N) is 3. The molecule has 0 radical (unpaired) electrons. The highest BCUT2D eigenvalue weighted by Gasteiger charge is 2.35. The largest absolute Gasteiger partial charge is 0.444 e. The first-order chi connectivity index (χ1) is 24.3. The average Bonchev–Trinajstić information content (AvgIpc) is 3.81. The molecule has 0 saturated heterocycles. The molecule has 0 spiro atoms. The van der Waals surface area contributed by atoms with Crippen molar-refractivity contribution in [2.45, 2.75) is 65.5 Å². The molecule has 0 aliphatic heterocycles. The summed E-state index contributed by atoms with van der Waals surface area (Å²) in [7, 11) is 1.70. The fourth-order valence-electron chi connectivity index (χ4n) is 6.67. The monoisotopic (exact) mass is 709 g/mol. The Hall–Kier alpha value is -5.30. The third-order valence-electron chi connectivity index (χ3n) is 9.57. The van der Waals surface area contributed by atoms with Gasteiger partial charge in [-0.3, -0.25) is 14.4 Å². The van der Waals surface area contributed by atoms with E-state index in [4.69, 9.17) is 4.74 Å². The van der Waals surface area contributed by atoms with Crippen molar-refractivity contribution in [3.8, 4) is 0 Å². The van der Waals surface area contributed by atoms with Crippen LogP contribution in [0.3, 0.4) is 0 Å². The number of thiophene rings is 1. The van der Waals surface area contributed by atoms with Gasteiger partial charge in [-0.2, -0.15) is 4.68 Å². The number of aryl methyl sites for hydroxylation is 1. The lowest BCUT2D eigenvalue weighted by Gasteiger charge is -2.36. The van der Waals surface area contributed by atoms with E-state index in [0.717, 1.165) is 40.8 Å². The highest BCUT2D eigenvalue weighted by Crippen LogP contribution is 2.37. The number of benzene rings is 2. The van der Waals surface area contributed by atoms with Crippen molar-refractivity contribution in [1.82, 2.24) is 24.6 Å². The second kappa shape index (κ2) is 14.5. The lowest BCUT2D eigenvalue weighted by atomic mass is 9.75. The van der Waals surface area contributed by atoms with Crippen molar-refractivity contribution in [2.24, 2.45) is 24.8 Å². The van der Waals surface area contributed by atoms with Crippen LogP contribution in [0.25, 0.3) is 10.2 Å². The summed E-state index contributed by atoms with van der Waals surface area (Å²) >= 11 is 1.09. The van der Waals surface area contributed by atoms with Crippen LogP contribution in [0.2, 0.25) is 0 Å². The van der Waals surface area contributed by atoms with Crippen molar-refractivity contribution < 1.29 is 23.9 Å². The molecule has 3 amide bonds. The third kappa shape index (κ3) is 7.58. The van der Waals surface area contributed by atoms with Crippen molar-refractivity contribution in [2.75, 3.05) is 10.6 Å². The number of imidazole rings is 1. The molecule has 12 nitrogen and oxygen atoms in total. The Balaban J connectivity index is 1.33. The minimum Gasteiger partial charge on any atom is -0.444 e. The van der Waals surface area contributed by atoms with E-state index in [9.17, 15) is 19.2 Å². The number of hydrogen-bond acceptors (Lipinski definition) is 8. The first kappa shape index (κ1) is 35.5. The molecule has 3 heterocycles.